The molecule has 0 spiro atoms. The lowest BCUT2D eigenvalue weighted by atomic mass is 9.87. The van der Waals surface area contributed by atoms with E-state index >= 15 is 0 Å². The lowest BCUT2D eigenvalue weighted by Gasteiger charge is -2.27. The highest BCUT2D eigenvalue weighted by molar-refractivity contribution is 5.78. The molecule has 2 aliphatic rings. The molecule has 0 aromatic rings. The van der Waals surface area contributed by atoms with Gasteiger partial charge in [0.05, 0.1) is 12.6 Å². The topological polar surface area (TPSA) is 52.6 Å². The second-order valence-electron chi connectivity index (χ2n) is 6.55. The van der Waals surface area contributed by atoms with Crippen LogP contribution in [0, 0.1) is 11.8 Å². The molecule has 1 aliphatic heterocycles. The molecule has 1 saturated heterocycles. The summed E-state index contributed by atoms with van der Waals surface area (Å²) in [6.45, 7) is 6.42. The van der Waals surface area contributed by atoms with Crippen LogP contribution in [-0.2, 0) is 4.79 Å². The molecule has 1 aliphatic carbocycles. The number of likely N-dealkylation sites (tertiary alicyclic amines) is 1. The van der Waals surface area contributed by atoms with Crippen LogP contribution in [0.2, 0.25) is 0 Å². The summed E-state index contributed by atoms with van der Waals surface area (Å²) in [5.41, 5.74) is 0. The normalized spacial score (nSPS) is 34.2. The fraction of sp³-hybridized carbons (Fsp3) is 0.933. The maximum Gasteiger partial charge on any atom is 0.234 e. The smallest absolute Gasteiger partial charge is 0.234 e. The van der Waals surface area contributed by atoms with Gasteiger partial charge >= 0.3 is 0 Å². The fourth-order valence-corrected chi connectivity index (χ4v) is 3.28. The first-order chi connectivity index (χ1) is 9.04. The van der Waals surface area contributed by atoms with Gasteiger partial charge in [0.2, 0.25) is 5.91 Å². The first-order valence-corrected chi connectivity index (χ1v) is 7.74. The fourth-order valence-electron chi connectivity index (χ4n) is 3.28. The number of aliphatic hydroxyl groups excluding tert-OH is 1. The number of hydrogen-bond donors (Lipinski definition) is 2. The predicted molar refractivity (Wildman–Crippen MR) is 75.8 cm³/mol. The maximum absolute atomic E-state index is 12.0. The Bertz CT molecular complexity index is 299. The molecule has 1 heterocycles. The van der Waals surface area contributed by atoms with E-state index in [0.717, 1.165) is 38.3 Å². The number of rotatable bonds is 4. The monoisotopic (exact) mass is 268 g/mol. The molecule has 19 heavy (non-hydrogen) atoms. The van der Waals surface area contributed by atoms with Crippen LogP contribution >= 0.6 is 0 Å². The van der Waals surface area contributed by atoms with Crippen molar-refractivity contribution >= 4 is 5.91 Å². The van der Waals surface area contributed by atoms with Crippen molar-refractivity contribution in [3.63, 3.8) is 0 Å². The number of carbonyl (C=O) groups excluding carboxylic acids is 1. The number of aliphatic hydroxyl groups is 1. The van der Waals surface area contributed by atoms with E-state index in [1.807, 2.05) is 6.92 Å². The third kappa shape index (κ3) is 4.46. The Morgan fingerprint density at radius 1 is 1.32 bits per heavy atom. The highest BCUT2D eigenvalue weighted by atomic mass is 16.3. The zero-order valence-corrected chi connectivity index (χ0v) is 12.3. The third-order valence-electron chi connectivity index (χ3n) is 4.74. The molecular formula is C15H28N2O2. The van der Waals surface area contributed by atoms with E-state index < -0.39 is 0 Å². The molecule has 0 aromatic heterocycles. The van der Waals surface area contributed by atoms with E-state index in [1.54, 1.807) is 0 Å². The predicted octanol–water partition coefficient (Wildman–Crippen LogP) is 1.38. The van der Waals surface area contributed by atoms with Crippen molar-refractivity contribution in [3.8, 4) is 0 Å². The molecule has 0 aromatic carbocycles. The van der Waals surface area contributed by atoms with Gasteiger partial charge < -0.3 is 10.4 Å². The van der Waals surface area contributed by atoms with Crippen molar-refractivity contribution < 1.29 is 9.90 Å². The minimum Gasteiger partial charge on any atom is -0.393 e. The molecule has 4 heteroatoms. The average molecular weight is 268 g/mol. The second kappa shape index (κ2) is 6.71. The van der Waals surface area contributed by atoms with Gasteiger partial charge in [0.25, 0.3) is 0 Å². The van der Waals surface area contributed by atoms with Crippen molar-refractivity contribution in [2.45, 2.75) is 58.1 Å². The van der Waals surface area contributed by atoms with E-state index in [0.29, 0.717) is 18.5 Å². The van der Waals surface area contributed by atoms with Crippen LogP contribution in [0.15, 0.2) is 0 Å². The van der Waals surface area contributed by atoms with Gasteiger partial charge in [-0.1, -0.05) is 6.92 Å². The van der Waals surface area contributed by atoms with Gasteiger partial charge in [-0.15, -0.1) is 0 Å². The summed E-state index contributed by atoms with van der Waals surface area (Å²) in [5, 5.41) is 12.7. The largest absolute Gasteiger partial charge is 0.393 e. The van der Waals surface area contributed by atoms with Gasteiger partial charge in [-0.3, -0.25) is 9.69 Å². The van der Waals surface area contributed by atoms with E-state index in [4.69, 9.17) is 0 Å². The molecular weight excluding hydrogens is 240 g/mol. The maximum atomic E-state index is 12.0. The zero-order chi connectivity index (χ0) is 13.8. The summed E-state index contributed by atoms with van der Waals surface area (Å²) < 4.78 is 0. The number of amides is 1. The van der Waals surface area contributed by atoms with E-state index in [2.05, 4.69) is 17.1 Å². The molecule has 110 valence electrons. The highest BCUT2D eigenvalue weighted by Crippen LogP contribution is 2.23. The lowest BCUT2D eigenvalue weighted by Crippen LogP contribution is -2.43. The van der Waals surface area contributed by atoms with Gasteiger partial charge in [-0.05, 0) is 57.4 Å². The van der Waals surface area contributed by atoms with Crippen LogP contribution in [-0.4, -0.2) is 47.7 Å². The first-order valence-electron chi connectivity index (χ1n) is 7.74. The van der Waals surface area contributed by atoms with Crippen molar-refractivity contribution in [1.82, 2.24) is 10.2 Å². The Hall–Kier alpha value is -0.610. The summed E-state index contributed by atoms with van der Waals surface area (Å²) in [6.07, 6.45) is 5.48. The standard InChI is InChI=1S/C15H28N2O2/c1-11-3-5-14(6-4-11)16-15(19)10-17-8-7-13(9-17)12(2)18/h11-14,18H,3-10H2,1-2H3,(H,16,19). The summed E-state index contributed by atoms with van der Waals surface area (Å²) in [6, 6.07) is 0.388. The molecule has 1 amide bonds. The Balaban J connectivity index is 1.67. The Morgan fingerprint density at radius 2 is 2.00 bits per heavy atom. The van der Waals surface area contributed by atoms with Crippen LogP contribution in [0.5, 0.6) is 0 Å². The van der Waals surface area contributed by atoms with Crippen LogP contribution in [0.25, 0.3) is 0 Å². The highest BCUT2D eigenvalue weighted by Gasteiger charge is 2.27. The third-order valence-corrected chi connectivity index (χ3v) is 4.74. The second-order valence-corrected chi connectivity index (χ2v) is 6.55. The molecule has 2 N–H and O–H groups in total. The average Bonchev–Trinajstić information content (AvgIpc) is 2.80. The summed E-state index contributed by atoms with van der Waals surface area (Å²) in [5.74, 6) is 1.31. The quantitative estimate of drug-likeness (QED) is 0.810. The molecule has 4 nitrogen and oxygen atoms in total. The molecule has 2 fully saturated rings. The van der Waals surface area contributed by atoms with Gasteiger partial charge in [-0.25, -0.2) is 0 Å². The van der Waals surface area contributed by atoms with E-state index in [9.17, 15) is 9.90 Å². The Morgan fingerprint density at radius 3 is 2.58 bits per heavy atom. The summed E-state index contributed by atoms with van der Waals surface area (Å²) >= 11 is 0. The Labute approximate surface area is 116 Å². The van der Waals surface area contributed by atoms with Gasteiger partial charge in [0, 0.05) is 12.6 Å². The number of nitrogens with one attached hydrogen (secondary N) is 1. The minimum atomic E-state index is -0.257. The van der Waals surface area contributed by atoms with E-state index in [-0.39, 0.29) is 12.0 Å². The van der Waals surface area contributed by atoms with Crippen molar-refractivity contribution in [2.75, 3.05) is 19.6 Å². The van der Waals surface area contributed by atoms with Gasteiger partial charge in [0.1, 0.15) is 0 Å². The minimum absolute atomic E-state index is 0.158. The molecule has 2 atom stereocenters. The summed E-state index contributed by atoms with van der Waals surface area (Å²) in [4.78, 5) is 14.2. The Kier molecular flexibility index (Phi) is 5.22. The SMILES string of the molecule is CC1CCC(NC(=O)CN2CCC(C(C)O)C2)CC1. The van der Waals surface area contributed by atoms with E-state index in [1.165, 1.54) is 12.8 Å². The number of nitrogens with zero attached hydrogens (tertiary/aromatic N) is 1. The van der Waals surface area contributed by atoms with Crippen LogP contribution in [0.1, 0.15) is 46.0 Å². The van der Waals surface area contributed by atoms with Crippen molar-refractivity contribution in [1.29, 1.82) is 0 Å². The van der Waals surface area contributed by atoms with Gasteiger partial charge in [-0.2, -0.15) is 0 Å². The van der Waals surface area contributed by atoms with Crippen LogP contribution < -0.4 is 5.32 Å². The first kappa shape index (κ1) is 14.8. The lowest BCUT2D eigenvalue weighted by molar-refractivity contribution is -0.123. The van der Waals surface area contributed by atoms with Crippen molar-refractivity contribution in [3.05, 3.63) is 0 Å². The van der Waals surface area contributed by atoms with Crippen molar-refractivity contribution in [2.24, 2.45) is 11.8 Å². The molecule has 0 bridgehead atoms. The van der Waals surface area contributed by atoms with Gasteiger partial charge in [0.15, 0.2) is 0 Å². The molecule has 1 saturated carbocycles. The summed E-state index contributed by atoms with van der Waals surface area (Å²) in [7, 11) is 0. The molecule has 2 unspecified atom stereocenters. The molecule has 2 rings (SSSR count). The van der Waals surface area contributed by atoms with Crippen LogP contribution in [0.4, 0.5) is 0 Å². The molecule has 0 radical (unpaired) electrons. The van der Waals surface area contributed by atoms with Crippen LogP contribution in [0.3, 0.4) is 0 Å². The zero-order valence-electron chi connectivity index (χ0n) is 12.3. The number of hydrogen-bond acceptors (Lipinski definition) is 3. The number of carbonyl (C=O) groups is 1.